The summed E-state index contributed by atoms with van der Waals surface area (Å²) in [5.74, 6) is 2.02. The number of aromatic nitrogens is 2. The number of nitrogens with zero attached hydrogens (tertiary/aromatic N) is 5. The lowest BCUT2D eigenvalue weighted by Crippen LogP contribution is -2.49. The van der Waals surface area contributed by atoms with Crippen molar-refractivity contribution in [3.63, 3.8) is 0 Å². The fourth-order valence-corrected chi connectivity index (χ4v) is 5.56. The largest absolute Gasteiger partial charge is 0.366 e. The lowest BCUT2D eigenvalue weighted by molar-refractivity contribution is -0.131. The lowest BCUT2D eigenvalue weighted by Gasteiger charge is -2.36. The summed E-state index contributed by atoms with van der Waals surface area (Å²) < 4.78 is 14.3. The van der Waals surface area contributed by atoms with Gasteiger partial charge in [-0.05, 0) is 55.2 Å². The molecule has 1 aliphatic carbocycles. The van der Waals surface area contributed by atoms with Crippen molar-refractivity contribution in [1.29, 1.82) is 0 Å². The Morgan fingerprint density at radius 3 is 2.42 bits per heavy atom. The second kappa shape index (κ2) is 11.8. The minimum atomic E-state index is -0.222. The third-order valence-corrected chi connectivity index (χ3v) is 8.07. The summed E-state index contributed by atoms with van der Waals surface area (Å²) in [5, 5.41) is 1.60. The van der Waals surface area contributed by atoms with E-state index in [4.69, 9.17) is 21.6 Å². The van der Waals surface area contributed by atoms with Crippen LogP contribution in [0, 0.1) is 5.82 Å². The van der Waals surface area contributed by atoms with Gasteiger partial charge < -0.3 is 14.7 Å². The minimum Gasteiger partial charge on any atom is -0.366 e. The van der Waals surface area contributed by atoms with Gasteiger partial charge in [0.1, 0.15) is 17.5 Å². The highest BCUT2D eigenvalue weighted by molar-refractivity contribution is 6.31. The van der Waals surface area contributed by atoms with Crippen molar-refractivity contribution in [2.45, 2.75) is 31.6 Å². The van der Waals surface area contributed by atoms with Crippen LogP contribution in [0.15, 0.2) is 72.8 Å². The van der Waals surface area contributed by atoms with E-state index >= 15 is 0 Å². The Balaban J connectivity index is 1.19. The fourth-order valence-electron chi connectivity index (χ4n) is 5.39. The number of benzene rings is 3. The van der Waals surface area contributed by atoms with Crippen LogP contribution in [0.3, 0.4) is 0 Å². The maximum absolute atomic E-state index is 14.3. The van der Waals surface area contributed by atoms with Gasteiger partial charge in [-0.15, -0.1) is 0 Å². The lowest BCUT2D eigenvalue weighted by atomic mass is 10.1. The summed E-state index contributed by atoms with van der Waals surface area (Å²) in [7, 11) is 0. The van der Waals surface area contributed by atoms with Crippen molar-refractivity contribution in [2.75, 3.05) is 49.1 Å². The number of amides is 1. The molecule has 1 aromatic heterocycles. The van der Waals surface area contributed by atoms with Gasteiger partial charge in [0.15, 0.2) is 0 Å². The topological polar surface area (TPSA) is 52.6 Å². The van der Waals surface area contributed by atoms with Gasteiger partial charge in [0.25, 0.3) is 0 Å². The predicted octanol–water partition coefficient (Wildman–Crippen LogP) is 6.09. The Labute approximate surface area is 239 Å². The Morgan fingerprint density at radius 1 is 0.925 bits per heavy atom. The summed E-state index contributed by atoms with van der Waals surface area (Å²) >= 11 is 6.34. The maximum Gasteiger partial charge on any atom is 0.224 e. The third-order valence-electron chi connectivity index (χ3n) is 7.83. The average molecular weight is 558 g/mol. The number of piperazine rings is 1. The monoisotopic (exact) mass is 557 g/mol. The molecule has 0 atom stereocenters. The number of fused-ring (bicyclic) bond motifs is 1. The fraction of sp³-hybridized carbons (Fsp3) is 0.344. The Morgan fingerprint density at radius 2 is 1.68 bits per heavy atom. The molecule has 40 heavy (non-hydrogen) atoms. The first kappa shape index (κ1) is 26.5. The Bertz CT molecular complexity index is 1490. The molecule has 0 N–H and O–H groups in total. The van der Waals surface area contributed by atoms with Gasteiger partial charge in [0, 0.05) is 62.0 Å². The molecule has 6 nitrogen and oxygen atoms in total. The number of carbonyl (C=O) groups is 1. The molecular weight excluding hydrogens is 525 g/mol. The molecule has 2 heterocycles. The zero-order valence-electron chi connectivity index (χ0n) is 22.5. The number of hydrogen-bond donors (Lipinski definition) is 0. The van der Waals surface area contributed by atoms with Crippen molar-refractivity contribution in [2.24, 2.45) is 0 Å². The first-order valence-electron chi connectivity index (χ1n) is 14.1. The quantitative estimate of drug-likeness (QED) is 0.249. The normalized spacial score (nSPS) is 15.4. The van der Waals surface area contributed by atoms with Crippen molar-refractivity contribution >= 4 is 39.9 Å². The molecule has 1 saturated heterocycles. The van der Waals surface area contributed by atoms with Gasteiger partial charge in [0.05, 0.1) is 11.2 Å². The van der Waals surface area contributed by atoms with Crippen LogP contribution >= 0.6 is 11.6 Å². The summed E-state index contributed by atoms with van der Waals surface area (Å²) in [5.41, 5.74) is 2.69. The molecule has 4 aromatic rings. The summed E-state index contributed by atoms with van der Waals surface area (Å²) in [4.78, 5) is 29.4. The number of halogens is 2. The van der Waals surface area contributed by atoms with E-state index in [1.807, 2.05) is 40.1 Å². The molecular formula is C32H33ClFN5O. The molecule has 1 aliphatic heterocycles. The molecule has 0 unspecified atom stereocenters. The van der Waals surface area contributed by atoms with E-state index in [-0.39, 0.29) is 11.7 Å². The van der Waals surface area contributed by atoms with Crippen LogP contribution in [0.5, 0.6) is 0 Å². The second-order valence-corrected chi connectivity index (χ2v) is 11.1. The zero-order valence-corrected chi connectivity index (χ0v) is 23.2. The molecule has 0 spiro atoms. The van der Waals surface area contributed by atoms with Crippen molar-refractivity contribution in [3.05, 3.63) is 95.0 Å². The number of para-hydroxylation sites is 1. The van der Waals surface area contributed by atoms with Crippen LogP contribution in [-0.2, 0) is 11.2 Å². The van der Waals surface area contributed by atoms with Crippen LogP contribution in [0.4, 0.5) is 15.9 Å². The molecule has 2 fully saturated rings. The number of carbonyl (C=O) groups excluding carboxylic acids is 1. The van der Waals surface area contributed by atoms with Crippen LogP contribution in [-0.4, -0.2) is 60.0 Å². The van der Waals surface area contributed by atoms with Crippen LogP contribution in [0.25, 0.3) is 10.9 Å². The van der Waals surface area contributed by atoms with E-state index in [2.05, 4.69) is 29.2 Å². The first-order chi connectivity index (χ1) is 19.5. The van der Waals surface area contributed by atoms with Crippen LogP contribution in [0.2, 0.25) is 5.02 Å². The van der Waals surface area contributed by atoms with E-state index in [1.165, 1.54) is 11.6 Å². The highest BCUT2D eigenvalue weighted by atomic mass is 35.5. The van der Waals surface area contributed by atoms with Gasteiger partial charge in [-0.25, -0.2) is 14.4 Å². The third kappa shape index (κ3) is 6.04. The molecule has 1 saturated carbocycles. The van der Waals surface area contributed by atoms with E-state index in [1.54, 1.807) is 12.1 Å². The van der Waals surface area contributed by atoms with E-state index in [9.17, 15) is 9.18 Å². The second-order valence-electron chi connectivity index (χ2n) is 10.6. The van der Waals surface area contributed by atoms with Gasteiger partial charge >= 0.3 is 0 Å². The predicted molar refractivity (Wildman–Crippen MR) is 159 cm³/mol. The standard InChI is InChI=1S/C32H33ClFN5O/c33-25-12-13-26-28(22-25)35-31(24-10-11-24)36-32(26)39(16-14-23-6-2-1-3-7-23)17-15-30(40)38-20-18-37(19-21-38)29-9-5-4-8-27(29)34/h1-9,12-13,22,24H,10-11,14-21H2. The average Bonchev–Trinajstić information content (AvgIpc) is 3.83. The highest BCUT2D eigenvalue weighted by Crippen LogP contribution is 2.40. The number of rotatable bonds is 9. The molecule has 3 aromatic carbocycles. The van der Waals surface area contributed by atoms with E-state index < -0.39 is 0 Å². The van der Waals surface area contributed by atoms with Crippen molar-refractivity contribution < 1.29 is 9.18 Å². The minimum absolute atomic E-state index is 0.113. The van der Waals surface area contributed by atoms with Crippen LogP contribution < -0.4 is 9.80 Å². The molecule has 206 valence electrons. The highest BCUT2D eigenvalue weighted by Gasteiger charge is 2.29. The summed E-state index contributed by atoms with van der Waals surface area (Å²) in [6.45, 7) is 3.68. The molecule has 6 rings (SSSR count). The molecule has 8 heteroatoms. The van der Waals surface area contributed by atoms with Gasteiger partial charge in [-0.2, -0.15) is 0 Å². The van der Waals surface area contributed by atoms with Gasteiger partial charge in [-0.1, -0.05) is 54.1 Å². The molecule has 2 aliphatic rings. The molecule has 0 radical (unpaired) electrons. The van der Waals surface area contributed by atoms with Crippen molar-refractivity contribution in [1.82, 2.24) is 14.9 Å². The van der Waals surface area contributed by atoms with E-state index in [0.717, 1.165) is 48.4 Å². The SMILES string of the molecule is O=C(CCN(CCc1ccccc1)c1nc(C2CC2)nc2cc(Cl)ccc12)N1CCN(c2ccccc2F)CC1. The summed E-state index contributed by atoms with van der Waals surface area (Å²) in [6, 6.07) is 23.0. The van der Waals surface area contributed by atoms with Gasteiger partial charge in [0.2, 0.25) is 5.91 Å². The first-order valence-corrected chi connectivity index (χ1v) is 14.5. The van der Waals surface area contributed by atoms with Crippen LogP contribution in [0.1, 0.15) is 36.6 Å². The number of hydrogen-bond acceptors (Lipinski definition) is 5. The Hall–Kier alpha value is -3.71. The Kier molecular flexibility index (Phi) is 7.82. The zero-order chi connectivity index (χ0) is 27.5. The number of anilines is 2. The maximum atomic E-state index is 14.3. The molecule has 1 amide bonds. The summed E-state index contributed by atoms with van der Waals surface area (Å²) in [6.07, 6.45) is 3.43. The van der Waals surface area contributed by atoms with E-state index in [0.29, 0.717) is 55.8 Å². The molecule has 0 bridgehead atoms. The van der Waals surface area contributed by atoms with Gasteiger partial charge in [-0.3, -0.25) is 4.79 Å². The smallest absolute Gasteiger partial charge is 0.224 e. The van der Waals surface area contributed by atoms with Crippen molar-refractivity contribution in [3.8, 4) is 0 Å².